The van der Waals surface area contributed by atoms with E-state index in [0.29, 0.717) is 12.5 Å². The first-order valence-electron chi connectivity index (χ1n) is 8.18. The Balaban J connectivity index is 1.72. The van der Waals surface area contributed by atoms with Gasteiger partial charge in [0, 0.05) is 33.2 Å². The maximum absolute atomic E-state index is 12.0. The molecule has 0 saturated carbocycles. The fourth-order valence-corrected chi connectivity index (χ4v) is 2.79. The first-order valence-corrected chi connectivity index (χ1v) is 8.18. The van der Waals surface area contributed by atoms with Crippen molar-refractivity contribution < 1.29 is 9.53 Å². The molecule has 0 aliphatic carbocycles. The van der Waals surface area contributed by atoms with Gasteiger partial charge in [-0.25, -0.2) is 4.79 Å². The van der Waals surface area contributed by atoms with Gasteiger partial charge in [-0.05, 0) is 12.8 Å². The third-order valence-corrected chi connectivity index (χ3v) is 3.82. The second-order valence-electron chi connectivity index (χ2n) is 6.52. The van der Waals surface area contributed by atoms with Crippen molar-refractivity contribution in [3.05, 3.63) is 12.2 Å². The van der Waals surface area contributed by atoms with Gasteiger partial charge < -0.3 is 19.9 Å². The van der Waals surface area contributed by atoms with Gasteiger partial charge in [-0.2, -0.15) is 0 Å². The van der Waals surface area contributed by atoms with Crippen LogP contribution < -0.4 is 10.6 Å². The number of ether oxygens (including phenoxy) is 1. The molecule has 1 aromatic heterocycles. The van der Waals surface area contributed by atoms with Crippen molar-refractivity contribution >= 4 is 6.03 Å². The maximum atomic E-state index is 12.0. The summed E-state index contributed by atoms with van der Waals surface area (Å²) in [4.78, 5) is 14.4. The van der Waals surface area contributed by atoms with Crippen molar-refractivity contribution in [2.75, 3.05) is 32.8 Å². The largest absolute Gasteiger partial charge is 0.374 e. The van der Waals surface area contributed by atoms with E-state index in [1.807, 2.05) is 14.0 Å². The molecular weight excluding hydrogens is 296 g/mol. The summed E-state index contributed by atoms with van der Waals surface area (Å²) in [6, 6.07) is -0.419. The quantitative estimate of drug-likeness (QED) is 0.797. The zero-order chi connectivity index (χ0) is 16.8. The molecule has 1 fully saturated rings. The lowest BCUT2D eigenvalue weighted by Gasteiger charge is -2.34. The Hall–Kier alpha value is -1.67. The number of carbonyl (C=O) groups is 1. The minimum Gasteiger partial charge on any atom is -0.374 e. The van der Waals surface area contributed by atoms with Crippen LogP contribution in [0.25, 0.3) is 0 Å². The Labute approximate surface area is 137 Å². The summed E-state index contributed by atoms with van der Waals surface area (Å²) in [6.07, 6.45) is 1.66. The molecule has 2 rings (SSSR count). The molecule has 23 heavy (non-hydrogen) atoms. The molecule has 8 nitrogen and oxygen atoms in total. The van der Waals surface area contributed by atoms with E-state index in [4.69, 9.17) is 4.74 Å². The Morgan fingerprint density at radius 1 is 1.48 bits per heavy atom. The van der Waals surface area contributed by atoms with Crippen LogP contribution in [-0.4, -0.2) is 64.6 Å². The number of urea groups is 1. The minimum absolute atomic E-state index is 0.0402. The molecular formula is C15H28N6O2. The average Bonchev–Trinajstić information content (AvgIpc) is 2.91. The van der Waals surface area contributed by atoms with E-state index in [1.54, 1.807) is 10.9 Å². The van der Waals surface area contributed by atoms with Gasteiger partial charge in [-0.15, -0.1) is 10.2 Å². The lowest BCUT2D eigenvalue weighted by Crippen LogP contribution is -2.50. The number of aryl methyl sites for hydroxylation is 1. The normalized spacial score (nSPS) is 20.5. The monoisotopic (exact) mass is 324 g/mol. The number of rotatable bonds is 6. The van der Waals surface area contributed by atoms with Crippen molar-refractivity contribution in [1.29, 1.82) is 0 Å². The van der Waals surface area contributed by atoms with Crippen LogP contribution in [-0.2, 0) is 11.8 Å². The van der Waals surface area contributed by atoms with Crippen molar-refractivity contribution in [2.24, 2.45) is 13.0 Å². The third-order valence-electron chi connectivity index (χ3n) is 3.82. The van der Waals surface area contributed by atoms with Crippen molar-refractivity contribution in [2.45, 2.75) is 32.9 Å². The van der Waals surface area contributed by atoms with E-state index in [1.165, 1.54) is 0 Å². The van der Waals surface area contributed by atoms with Crippen LogP contribution in [0.5, 0.6) is 0 Å². The number of carbonyl (C=O) groups excluding carboxylic acids is 1. The highest BCUT2D eigenvalue weighted by molar-refractivity contribution is 5.74. The predicted octanol–water partition coefficient (Wildman–Crippen LogP) is 0.532. The van der Waals surface area contributed by atoms with Crippen LogP contribution >= 0.6 is 0 Å². The summed E-state index contributed by atoms with van der Waals surface area (Å²) in [5, 5.41) is 13.6. The average molecular weight is 324 g/mol. The van der Waals surface area contributed by atoms with E-state index in [-0.39, 0.29) is 18.2 Å². The van der Waals surface area contributed by atoms with E-state index in [9.17, 15) is 4.79 Å². The molecule has 2 amide bonds. The Morgan fingerprint density at radius 2 is 2.26 bits per heavy atom. The first-order chi connectivity index (χ1) is 11.0. The summed E-state index contributed by atoms with van der Waals surface area (Å²) >= 11 is 0. The van der Waals surface area contributed by atoms with Crippen LogP contribution in [0.3, 0.4) is 0 Å². The predicted molar refractivity (Wildman–Crippen MR) is 87.0 cm³/mol. The van der Waals surface area contributed by atoms with E-state index in [0.717, 1.165) is 32.1 Å². The maximum Gasteiger partial charge on any atom is 0.315 e. The Bertz CT molecular complexity index is 504. The highest BCUT2D eigenvalue weighted by Gasteiger charge is 2.22. The molecule has 130 valence electrons. The number of nitrogens with zero attached hydrogens (tertiary/aromatic N) is 4. The SMILES string of the molecule is CC(C)CN1CCOC(CNC(=O)NC(C)c2nncn2C)C1. The molecule has 0 bridgehead atoms. The molecule has 2 heterocycles. The van der Waals surface area contributed by atoms with Gasteiger partial charge in [0.25, 0.3) is 0 Å². The molecule has 1 saturated heterocycles. The van der Waals surface area contributed by atoms with Crippen LogP contribution in [0.15, 0.2) is 6.33 Å². The van der Waals surface area contributed by atoms with Crippen LogP contribution in [0.4, 0.5) is 4.79 Å². The smallest absolute Gasteiger partial charge is 0.315 e. The molecule has 2 unspecified atom stereocenters. The van der Waals surface area contributed by atoms with E-state index >= 15 is 0 Å². The molecule has 2 atom stereocenters. The summed E-state index contributed by atoms with van der Waals surface area (Å²) in [5.74, 6) is 1.36. The summed E-state index contributed by atoms with van der Waals surface area (Å²) < 4.78 is 7.52. The molecule has 0 radical (unpaired) electrons. The van der Waals surface area contributed by atoms with Crippen molar-refractivity contribution in [1.82, 2.24) is 30.3 Å². The van der Waals surface area contributed by atoms with Gasteiger partial charge in [0.15, 0.2) is 5.82 Å². The molecule has 2 N–H and O–H groups in total. The zero-order valence-corrected chi connectivity index (χ0v) is 14.5. The van der Waals surface area contributed by atoms with Crippen LogP contribution in [0, 0.1) is 5.92 Å². The summed E-state index contributed by atoms with van der Waals surface area (Å²) in [5.41, 5.74) is 0. The van der Waals surface area contributed by atoms with Gasteiger partial charge in [0.1, 0.15) is 6.33 Å². The van der Waals surface area contributed by atoms with Crippen molar-refractivity contribution in [3.63, 3.8) is 0 Å². The standard InChI is InChI=1S/C15H28N6O2/c1-11(2)8-21-5-6-23-13(9-21)7-16-15(22)18-12(3)14-19-17-10-20(14)4/h10-13H,5-9H2,1-4H3,(H2,16,18,22). The fraction of sp³-hybridized carbons (Fsp3) is 0.800. The van der Waals surface area contributed by atoms with E-state index in [2.05, 4.69) is 39.6 Å². The number of hydrogen-bond donors (Lipinski definition) is 2. The molecule has 8 heteroatoms. The van der Waals surface area contributed by atoms with E-state index < -0.39 is 0 Å². The lowest BCUT2D eigenvalue weighted by atomic mass is 10.2. The molecule has 0 spiro atoms. The number of nitrogens with one attached hydrogen (secondary N) is 2. The van der Waals surface area contributed by atoms with Gasteiger partial charge in [-0.1, -0.05) is 13.8 Å². The lowest BCUT2D eigenvalue weighted by molar-refractivity contribution is -0.0290. The number of aromatic nitrogens is 3. The number of amides is 2. The van der Waals surface area contributed by atoms with Gasteiger partial charge >= 0.3 is 6.03 Å². The molecule has 1 aromatic rings. The highest BCUT2D eigenvalue weighted by atomic mass is 16.5. The van der Waals surface area contributed by atoms with Gasteiger partial charge in [-0.3, -0.25) is 4.90 Å². The topological polar surface area (TPSA) is 84.3 Å². The molecule has 0 aromatic carbocycles. The highest BCUT2D eigenvalue weighted by Crippen LogP contribution is 2.08. The van der Waals surface area contributed by atoms with Crippen molar-refractivity contribution in [3.8, 4) is 0 Å². The van der Waals surface area contributed by atoms with Gasteiger partial charge in [0.05, 0.1) is 18.8 Å². The minimum atomic E-state index is -0.218. The molecule has 1 aliphatic heterocycles. The van der Waals surface area contributed by atoms with Crippen LogP contribution in [0.2, 0.25) is 0 Å². The van der Waals surface area contributed by atoms with Crippen LogP contribution in [0.1, 0.15) is 32.6 Å². The summed E-state index contributed by atoms with van der Waals surface area (Å²) in [7, 11) is 1.85. The first kappa shape index (κ1) is 17.7. The Morgan fingerprint density at radius 3 is 2.91 bits per heavy atom. The fourth-order valence-electron chi connectivity index (χ4n) is 2.79. The second kappa shape index (κ2) is 8.26. The molecule has 1 aliphatic rings. The Kier molecular flexibility index (Phi) is 6.35. The number of hydrogen-bond acceptors (Lipinski definition) is 5. The van der Waals surface area contributed by atoms with Gasteiger partial charge in [0.2, 0.25) is 0 Å². The zero-order valence-electron chi connectivity index (χ0n) is 14.5. The summed E-state index contributed by atoms with van der Waals surface area (Å²) in [6.45, 7) is 10.4. The number of morpholine rings is 1. The second-order valence-corrected chi connectivity index (χ2v) is 6.52. The third kappa shape index (κ3) is 5.47.